The van der Waals surface area contributed by atoms with Crippen molar-refractivity contribution in [3.8, 4) is 5.75 Å². The van der Waals surface area contributed by atoms with E-state index in [2.05, 4.69) is 37.5 Å². The van der Waals surface area contributed by atoms with Gasteiger partial charge in [-0.2, -0.15) is 0 Å². The van der Waals surface area contributed by atoms with Crippen LogP contribution in [0.3, 0.4) is 0 Å². The van der Waals surface area contributed by atoms with Gasteiger partial charge in [-0.05, 0) is 48.2 Å². The van der Waals surface area contributed by atoms with Crippen LogP contribution in [0.2, 0.25) is 0 Å². The van der Waals surface area contributed by atoms with Gasteiger partial charge >= 0.3 is 0 Å². The number of ether oxygens (including phenoxy) is 1. The first-order chi connectivity index (χ1) is 12.1. The van der Waals surface area contributed by atoms with E-state index in [0.717, 1.165) is 36.6 Å². The molecule has 0 saturated heterocycles. The predicted octanol–water partition coefficient (Wildman–Crippen LogP) is 5.04. The van der Waals surface area contributed by atoms with Crippen LogP contribution in [-0.4, -0.2) is 19.1 Å². The first-order valence-corrected chi connectivity index (χ1v) is 8.95. The van der Waals surface area contributed by atoms with Gasteiger partial charge in [0.2, 0.25) is 5.91 Å². The fourth-order valence-electron chi connectivity index (χ4n) is 2.51. The summed E-state index contributed by atoms with van der Waals surface area (Å²) in [6.45, 7) is 7.38. The lowest BCUT2D eigenvalue weighted by atomic mass is 10.0. The SMILES string of the molecule is CCCCOc1ccc(NC(=O)CNc2ccccc2C(C)C)cc1. The smallest absolute Gasteiger partial charge is 0.243 e. The summed E-state index contributed by atoms with van der Waals surface area (Å²) in [4.78, 5) is 12.2. The number of carbonyl (C=O) groups excluding carboxylic acids is 1. The molecule has 4 nitrogen and oxygen atoms in total. The van der Waals surface area contributed by atoms with Gasteiger partial charge in [0.25, 0.3) is 0 Å². The molecule has 2 aromatic rings. The molecule has 0 bridgehead atoms. The average molecular weight is 340 g/mol. The lowest BCUT2D eigenvalue weighted by molar-refractivity contribution is -0.114. The summed E-state index contributed by atoms with van der Waals surface area (Å²) in [5, 5.41) is 6.12. The van der Waals surface area contributed by atoms with Crippen LogP contribution < -0.4 is 15.4 Å². The Morgan fingerprint density at radius 1 is 1.08 bits per heavy atom. The second-order valence-electron chi connectivity index (χ2n) is 6.37. The van der Waals surface area contributed by atoms with Crippen molar-refractivity contribution in [3.05, 3.63) is 54.1 Å². The first-order valence-electron chi connectivity index (χ1n) is 8.95. The van der Waals surface area contributed by atoms with Gasteiger partial charge in [-0.15, -0.1) is 0 Å². The third-order valence-electron chi connectivity index (χ3n) is 3.93. The maximum Gasteiger partial charge on any atom is 0.243 e. The molecule has 0 spiro atoms. The molecule has 0 aliphatic rings. The number of amides is 1. The van der Waals surface area contributed by atoms with Crippen LogP contribution in [0, 0.1) is 0 Å². The number of carbonyl (C=O) groups is 1. The topological polar surface area (TPSA) is 50.4 Å². The summed E-state index contributed by atoms with van der Waals surface area (Å²) in [6.07, 6.45) is 2.16. The molecule has 0 heterocycles. The number of benzene rings is 2. The Balaban J connectivity index is 1.84. The zero-order valence-corrected chi connectivity index (χ0v) is 15.3. The molecule has 2 N–H and O–H groups in total. The van der Waals surface area contributed by atoms with E-state index in [9.17, 15) is 4.79 Å². The molecule has 1 amide bonds. The number of unbranched alkanes of at least 4 members (excludes halogenated alkanes) is 1. The number of hydrogen-bond acceptors (Lipinski definition) is 3. The van der Waals surface area contributed by atoms with E-state index in [0.29, 0.717) is 5.92 Å². The number of rotatable bonds is 9. The summed E-state index contributed by atoms with van der Waals surface area (Å²) >= 11 is 0. The Labute approximate surface area is 150 Å². The Kier molecular flexibility index (Phi) is 7.33. The Bertz CT molecular complexity index is 666. The van der Waals surface area contributed by atoms with E-state index in [-0.39, 0.29) is 12.5 Å². The van der Waals surface area contributed by atoms with E-state index in [1.807, 2.05) is 42.5 Å². The quantitative estimate of drug-likeness (QED) is 0.629. The molecule has 0 aromatic heterocycles. The van der Waals surface area contributed by atoms with Crippen molar-refractivity contribution in [2.24, 2.45) is 0 Å². The van der Waals surface area contributed by atoms with Crippen molar-refractivity contribution in [2.45, 2.75) is 39.5 Å². The van der Waals surface area contributed by atoms with Crippen LogP contribution in [-0.2, 0) is 4.79 Å². The summed E-state index contributed by atoms with van der Waals surface area (Å²) in [7, 11) is 0. The zero-order chi connectivity index (χ0) is 18.1. The highest BCUT2D eigenvalue weighted by Crippen LogP contribution is 2.23. The fourth-order valence-corrected chi connectivity index (χ4v) is 2.51. The van der Waals surface area contributed by atoms with Crippen LogP contribution in [0.4, 0.5) is 11.4 Å². The van der Waals surface area contributed by atoms with E-state index in [1.165, 1.54) is 5.56 Å². The highest BCUT2D eigenvalue weighted by molar-refractivity contribution is 5.93. The van der Waals surface area contributed by atoms with Gasteiger partial charge in [0, 0.05) is 11.4 Å². The number of nitrogens with one attached hydrogen (secondary N) is 2. The molecule has 0 atom stereocenters. The van der Waals surface area contributed by atoms with Crippen molar-refractivity contribution in [1.82, 2.24) is 0 Å². The standard InChI is InChI=1S/C21H28N2O2/c1-4-5-14-25-18-12-10-17(11-13-18)23-21(24)15-22-20-9-7-6-8-19(20)16(2)3/h6-13,16,22H,4-5,14-15H2,1-3H3,(H,23,24). The van der Waals surface area contributed by atoms with E-state index >= 15 is 0 Å². The molecule has 4 heteroatoms. The predicted molar refractivity (Wildman–Crippen MR) is 104 cm³/mol. The summed E-state index contributed by atoms with van der Waals surface area (Å²) in [5.74, 6) is 1.17. The molecule has 0 fully saturated rings. The summed E-state index contributed by atoms with van der Waals surface area (Å²) in [6, 6.07) is 15.6. The minimum absolute atomic E-state index is 0.0711. The second kappa shape index (κ2) is 9.72. The average Bonchev–Trinajstić information content (AvgIpc) is 2.62. The third kappa shape index (κ3) is 6.14. The summed E-state index contributed by atoms with van der Waals surface area (Å²) in [5.41, 5.74) is 2.99. The molecule has 25 heavy (non-hydrogen) atoms. The van der Waals surface area contributed by atoms with Crippen molar-refractivity contribution in [2.75, 3.05) is 23.8 Å². The third-order valence-corrected chi connectivity index (χ3v) is 3.93. The number of anilines is 2. The molecular weight excluding hydrogens is 312 g/mol. The molecule has 0 aliphatic heterocycles. The molecule has 2 aromatic carbocycles. The van der Waals surface area contributed by atoms with Gasteiger partial charge in [-0.1, -0.05) is 45.4 Å². The molecule has 0 aliphatic carbocycles. The van der Waals surface area contributed by atoms with Gasteiger partial charge in [0.15, 0.2) is 0 Å². The fraction of sp³-hybridized carbons (Fsp3) is 0.381. The zero-order valence-electron chi connectivity index (χ0n) is 15.3. The van der Waals surface area contributed by atoms with Crippen LogP contribution in [0.25, 0.3) is 0 Å². The van der Waals surface area contributed by atoms with Crippen molar-refractivity contribution < 1.29 is 9.53 Å². The van der Waals surface area contributed by atoms with Gasteiger partial charge in [-0.25, -0.2) is 0 Å². The summed E-state index contributed by atoms with van der Waals surface area (Å²) < 4.78 is 5.62. The molecule has 2 rings (SSSR count). The molecular formula is C21H28N2O2. The molecule has 0 radical (unpaired) electrons. The van der Waals surface area contributed by atoms with E-state index in [1.54, 1.807) is 0 Å². The lowest BCUT2D eigenvalue weighted by Gasteiger charge is -2.14. The van der Waals surface area contributed by atoms with Crippen LogP contribution in [0.15, 0.2) is 48.5 Å². The van der Waals surface area contributed by atoms with Crippen LogP contribution >= 0.6 is 0 Å². The molecule has 0 unspecified atom stereocenters. The highest BCUT2D eigenvalue weighted by atomic mass is 16.5. The van der Waals surface area contributed by atoms with Gasteiger partial charge in [0.05, 0.1) is 13.2 Å². The molecule has 0 saturated carbocycles. The van der Waals surface area contributed by atoms with E-state index < -0.39 is 0 Å². The second-order valence-corrected chi connectivity index (χ2v) is 6.37. The van der Waals surface area contributed by atoms with Crippen LogP contribution in [0.1, 0.15) is 45.1 Å². The first kappa shape index (κ1) is 18.8. The maximum absolute atomic E-state index is 12.2. The number of hydrogen-bond donors (Lipinski definition) is 2. The normalized spacial score (nSPS) is 10.6. The minimum Gasteiger partial charge on any atom is -0.494 e. The van der Waals surface area contributed by atoms with Gasteiger partial charge in [-0.3, -0.25) is 4.79 Å². The van der Waals surface area contributed by atoms with E-state index in [4.69, 9.17) is 4.74 Å². The molecule has 134 valence electrons. The Hall–Kier alpha value is -2.49. The largest absolute Gasteiger partial charge is 0.494 e. The Morgan fingerprint density at radius 2 is 1.80 bits per heavy atom. The Morgan fingerprint density at radius 3 is 2.48 bits per heavy atom. The maximum atomic E-state index is 12.2. The van der Waals surface area contributed by atoms with Crippen molar-refractivity contribution in [1.29, 1.82) is 0 Å². The van der Waals surface area contributed by atoms with Crippen LogP contribution in [0.5, 0.6) is 5.75 Å². The van der Waals surface area contributed by atoms with Crippen molar-refractivity contribution in [3.63, 3.8) is 0 Å². The van der Waals surface area contributed by atoms with Gasteiger partial charge < -0.3 is 15.4 Å². The lowest BCUT2D eigenvalue weighted by Crippen LogP contribution is -2.22. The monoisotopic (exact) mass is 340 g/mol. The minimum atomic E-state index is -0.0711. The van der Waals surface area contributed by atoms with Crippen molar-refractivity contribution >= 4 is 17.3 Å². The van der Waals surface area contributed by atoms with Gasteiger partial charge in [0.1, 0.15) is 5.75 Å². The number of para-hydroxylation sites is 1. The highest BCUT2D eigenvalue weighted by Gasteiger charge is 2.07.